The fourth-order valence-corrected chi connectivity index (χ4v) is 3.15. The van der Waals surface area contributed by atoms with Crippen molar-refractivity contribution in [1.29, 1.82) is 0 Å². The van der Waals surface area contributed by atoms with E-state index in [1.807, 2.05) is 5.01 Å². The van der Waals surface area contributed by atoms with Crippen LogP contribution in [-0.4, -0.2) is 22.7 Å². The quantitative estimate of drug-likeness (QED) is 0.648. The molecule has 82 valence electrons. The summed E-state index contributed by atoms with van der Waals surface area (Å²) in [5.74, 6) is 0.473. The lowest BCUT2D eigenvalue weighted by Crippen LogP contribution is -2.36. The van der Waals surface area contributed by atoms with Crippen LogP contribution in [0.25, 0.3) is 0 Å². The van der Waals surface area contributed by atoms with E-state index in [0.29, 0.717) is 11.9 Å². The van der Waals surface area contributed by atoms with Gasteiger partial charge in [-0.25, -0.2) is 5.01 Å². The van der Waals surface area contributed by atoms with E-state index >= 15 is 0 Å². The molecule has 0 N–H and O–H groups in total. The van der Waals surface area contributed by atoms with Crippen molar-refractivity contribution in [2.45, 2.75) is 57.4 Å². The minimum atomic E-state index is 0.173. The van der Waals surface area contributed by atoms with Crippen molar-refractivity contribution in [1.82, 2.24) is 5.01 Å². The number of fused-ring (bicyclic) bond motifs is 1. The Morgan fingerprint density at radius 2 is 1.87 bits per heavy atom. The number of carbonyl (C=O) groups excluding carboxylic acids is 1. The summed E-state index contributed by atoms with van der Waals surface area (Å²) < 4.78 is 0. The van der Waals surface area contributed by atoms with E-state index in [1.165, 1.54) is 25.0 Å². The Morgan fingerprint density at radius 3 is 2.60 bits per heavy atom. The van der Waals surface area contributed by atoms with Crippen molar-refractivity contribution in [2.24, 2.45) is 11.0 Å². The van der Waals surface area contributed by atoms with Crippen LogP contribution < -0.4 is 0 Å². The molecule has 1 atom stereocenters. The second-order valence-electron chi connectivity index (χ2n) is 5.01. The average Bonchev–Trinajstić information content (AvgIpc) is 2.83. The van der Waals surface area contributed by atoms with Gasteiger partial charge in [0, 0.05) is 0 Å². The van der Waals surface area contributed by atoms with Crippen molar-refractivity contribution in [2.75, 3.05) is 0 Å². The Bertz CT molecular complexity index is 305. The molecule has 3 aliphatic rings. The summed E-state index contributed by atoms with van der Waals surface area (Å²) in [4.78, 5) is 12.1. The lowest BCUT2D eigenvalue weighted by Gasteiger charge is -2.28. The summed E-state index contributed by atoms with van der Waals surface area (Å²) in [7, 11) is 0. The fraction of sp³-hybridized carbons (Fsp3) is 0.833. The van der Waals surface area contributed by atoms with Crippen LogP contribution in [0.15, 0.2) is 5.10 Å². The molecule has 2 aliphatic carbocycles. The normalized spacial score (nSPS) is 32.0. The SMILES string of the molecule is O=C1C2CCCC2=NN1C1CCCCC1. The van der Waals surface area contributed by atoms with E-state index < -0.39 is 0 Å². The molecule has 3 nitrogen and oxygen atoms in total. The first-order chi connectivity index (χ1) is 7.36. The second kappa shape index (κ2) is 3.62. The van der Waals surface area contributed by atoms with Gasteiger partial charge in [-0.15, -0.1) is 0 Å². The van der Waals surface area contributed by atoms with Crippen molar-refractivity contribution in [3.63, 3.8) is 0 Å². The highest BCUT2D eigenvalue weighted by Gasteiger charge is 2.41. The van der Waals surface area contributed by atoms with Gasteiger partial charge >= 0.3 is 0 Å². The van der Waals surface area contributed by atoms with Gasteiger partial charge in [-0.1, -0.05) is 19.3 Å². The molecule has 1 heterocycles. The van der Waals surface area contributed by atoms with Crippen molar-refractivity contribution in [3.8, 4) is 0 Å². The Hall–Kier alpha value is -0.860. The number of amides is 1. The van der Waals surface area contributed by atoms with Gasteiger partial charge < -0.3 is 0 Å². The Balaban J connectivity index is 1.76. The van der Waals surface area contributed by atoms with Gasteiger partial charge in [-0.05, 0) is 32.1 Å². The van der Waals surface area contributed by atoms with E-state index in [9.17, 15) is 4.79 Å². The van der Waals surface area contributed by atoms with Crippen LogP contribution in [0.2, 0.25) is 0 Å². The molecular weight excluding hydrogens is 188 g/mol. The van der Waals surface area contributed by atoms with Crippen molar-refractivity contribution >= 4 is 11.6 Å². The highest BCUT2D eigenvalue weighted by atomic mass is 16.2. The predicted octanol–water partition coefficient (Wildman–Crippen LogP) is 2.32. The number of hydrogen-bond acceptors (Lipinski definition) is 2. The van der Waals surface area contributed by atoms with Gasteiger partial charge in [0.2, 0.25) is 0 Å². The van der Waals surface area contributed by atoms with Gasteiger partial charge in [0.25, 0.3) is 5.91 Å². The first kappa shape index (κ1) is 9.37. The van der Waals surface area contributed by atoms with Gasteiger partial charge in [-0.2, -0.15) is 5.10 Å². The maximum atomic E-state index is 12.1. The lowest BCUT2D eigenvalue weighted by atomic mass is 9.94. The third-order valence-electron chi connectivity index (χ3n) is 4.01. The van der Waals surface area contributed by atoms with Crippen LogP contribution in [0, 0.1) is 5.92 Å². The zero-order valence-electron chi connectivity index (χ0n) is 9.11. The van der Waals surface area contributed by atoms with E-state index in [2.05, 4.69) is 5.10 Å². The molecule has 0 bridgehead atoms. The monoisotopic (exact) mass is 206 g/mol. The molecule has 0 aromatic heterocycles. The third kappa shape index (κ3) is 1.48. The van der Waals surface area contributed by atoms with Crippen LogP contribution in [-0.2, 0) is 4.79 Å². The summed E-state index contributed by atoms with van der Waals surface area (Å²) in [6.07, 6.45) is 9.45. The molecule has 3 rings (SSSR count). The summed E-state index contributed by atoms with van der Waals surface area (Å²) >= 11 is 0. The van der Waals surface area contributed by atoms with Gasteiger partial charge in [-0.3, -0.25) is 4.79 Å². The largest absolute Gasteiger partial charge is 0.272 e. The number of carbonyl (C=O) groups is 1. The molecule has 2 saturated carbocycles. The first-order valence-corrected chi connectivity index (χ1v) is 6.27. The summed E-state index contributed by atoms with van der Waals surface area (Å²) in [5, 5.41) is 6.39. The van der Waals surface area contributed by atoms with Crippen molar-refractivity contribution in [3.05, 3.63) is 0 Å². The summed E-state index contributed by atoms with van der Waals surface area (Å²) in [6, 6.07) is 0.421. The molecule has 0 saturated heterocycles. The van der Waals surface area contributed by atoms with Crippen LogP contribution in [0.4, 0.5) is 0 Å². The van der Waals surface area contributed by atoms with E-state index in [4.69, 9.17) is 0 Å². The molecule has 1 unspecified atom stereocenters. The number of rotatable bonds is 1. The van der Waals surface area contributed by atoms with Crippen LogP contribution in [0.1, 0.15) is 51.4 Å². The Morgan fingerprint density at radius 1 is 1.07 bits per heavy atom. The van der Waals surface area contributed by atoms with Crippen LogP contribution in [0.5, 0.6) is 0 Å². The highest BCUT2D eigenvalue weighted by Crippen LogP contribution is 2.34. The smallest absolute Gasteiger partial charge is 0.251 e. The third-order valence-corrected chi connectivity index (χ3v) is 4.01. The molecule has 0 radical (unpaired) electrons. The van der Waals surface area contributed by atoms with Gasteiger partial charge in [0.1, 0.15) is 0 Å². The maximum Gasteiger partial charge on any atom is 0.251 e. The highest BCUT2D eigenvalue weighted by molar-refractivity contribution is 6.09. The fourth-order valence-electron chi connectivity index (χ4n) is 3.15. The molecular formula is C12H18N2O. The molecule has 1 aliphatic heterocycles. The molecule has 1 amide bonds. The van der Waals surface area contributed by atoms with E-state index in [0.717, 1.165) is 32.1 Å². The maximum absolute atomic E-state index is 12.1. The topological polar surface area (TPSA) is 32.7 Å². The zero-order chi connectivity index (χ0) is 10.3. The zero-order valence-corrected chi connectivity index (χ0v) is 9.11. The first-order valence-electron chi connectivity index (χ1n) is 6.27. The number of nitrogens with zero attached hydrogens (tertiary/aromatic N) is 2. The molecule has 0 spiro atoms. The lowest BCUT2D eigenvalue weighted by molar-refractivity contribution is -0.134. The van der Waals surface area contributed by atoms with Crippen LogP contribution >= 0.6 is 0 Å². The second-order valence-corrected chi connectivity index (χ2v) is 5.01. The van der Waals surface area contributed by atoms with Gasteiger partial charge in [0.05, 0.1) is 17.7 Å². The Kier molecular flexibility index (Phi) is 2.26. The Labute approximate surface area is 90.5 Å². The molecule has 0 aromatic carbocycles. The minimum Gasteiger partial charge on any atom is -0.272 e. The average molecular weight is 206 g/mol. The van der Waals surface area contributed by atoms with E-state index in [-0.39, 0.29) is 5.92 Å². The summed E-state index contributed by atoms with van der Waals surface area (Å²) in [6.45, 7) is 0. The number of hydrogen-bond donors (Lipinski definition) is 0. The number of hydrazone groups is 1. The molecule has 15 heavy (non-hydrogen) atoms. The molecule has 0 aromatic rings. The van der Waals surface area contributed by atoms with Gasteiger partial charge in [0.15, 0.2) is 0 Å². The van der Waals surface area contributed by atoms with E-state index in [1.54, 1.807) is 0 Å². The predicted molar refractivity (Wildman–Crippen MR) is 58.5 cm³/mol. The molecule has 2 fully saturated rings. The summed E-state index contributed by atoms with van der Waals surface area (Å²) in [5.41, 5.74) is 1.17. The standard InChI is InChI=1S/C12H18N2O/c15-12-10-7-4-8-11(10)13-14(12)9-5-2-1-3-6-9/h9-10H,1-8H2. The minimum absolute atomic E-state index is 0.173. The van der Waals surface area contributed by atoms with Crippen LogP contribution in [0.3, 0.4) is 0 Å². The molecule has 3 heteroatoms. The van der Waals surface area contributed by atoms with Crippen molar-refractivity contribution < 1.29 is 4.79 Å².